The number of aromatic nitrogens is 2. The zero-order chi connectivity index (χ0) is 10.7. The number of hydrogen-bond donors (Lipinski definition) is 0. The van der Waals surface area contributed by atoms with Crippen molar-refractivity contribution >= 4 is 5.57 Å². The summed E-state index contributed by atoms with van der Waals surface area (Å²) in [5.41, 5.74) is 3.23. The van der Waals surface area contributed by atoms with Crippen molar-refractivity contribution in [2.24, 2.45) is 0 Å². The van der Waals surface area contributed by atoms with Crippen molar-refractivity contribution in [3.8, 4) is 0 Å². The van der Waals surface area contributed by atoms with Gasteiger partial charge in [0.05, 0.1) is 17.6 Å². The Bertz CT molecular complexity index is 386. The smallest absolute Gasteiger partial charge is 0.0882 e. The van der Waals surface area contributed by atoms with E-state index in [1.165, 1.54) is 5.57 Å². The van der Waals surface area contributed by atoms with Crippen molar-refractivity contribution in [2.45, 2.75) is 32.6 Å². The normalized spacial score (nSPS) is 15.5. The van der Waals surface area contributed by atoms with Gasteiger partial charge in [0, 0.05) is 6.20 Å². The van der Waals surface area contributed by atoms with E-state index in [-0.39, 0.29) is 0 Å². The zero-order valence-corrected chi connectivity index (χ0v) is 9.27. The summed E-state index contributed by atoms with van der Waals surface area (Å²) >= 11 is 0. The molecule has 0 unspecified atom stereocenters. The lowest BCUT2D eigenvalue weighted by molar-refractivity contribution is 0.810. The van der Waals surface area contributed by atoms with E-state index in [9.17, 15) is 0 Å². The lowest BCUT2D eigenvalue weighted by Gasteiger charge is -2.07. The molecule has 0 atom stereocenters. The molecule has 2 nitrogen and oxygen atoms in total. The fraction of sp³-hybridized carbons (Fsp3) is 0.385. The topological polar surface area (TPSA) is 25.8 Å². The second-order valence-corrected chi connectivity index (χ2v) is 4.12. The van der Waals surface area contributed by atoms with E-state index in [0.29, 0.717) is 5.92 Å². The minimum atomic E-state index is 0.447. The number of nitrogens with zero attached hydrogens (tertiary/aromatic N) is 2. The highest BCUT2D eigenvalue weighted by Crippen LogP contribution is 2.19. The zero-order valence-electron chi connectivity index (χ0n) is 9.27. The first-order valence-electron chi connectivity index (χ1n) is 5.46. The molecule has 0 aliphatic heterocycles. The maximum Gasteiger partial charge on any atom is 0.0882 e. The largest absolute Gasteiger partial charge is 0.257 e. The van der Waals surface area contributed by atoms with Crippen LogP contribution in [0, 0.1) is 0 Å². The van der Waals surface area contributed by atoms with Crippen LogP contribution in [0.25, 0.3) is 5.57 Å². The van der Waals surface area contributed by atoms with Gasteiger partial charge in [-0.3, -0.25) is 9.97 Å². The van der Waals surface area contributed by atoms with Crippen LogP contribution in [0.4, 0.5) is 0 Å². The van der Waals surface area contributed by atoms with Crippen molar-refractivity contribution < 1.29 is 0 Å². The molecule has 0 spiro atoms. The number of rotatable bonds is 2. The predicted molar refractivity (Wildman–Crippen MR) is 62.5 cm³/mol. The first kappa shape index (κ1) is 10.1. The summed E-state index contributed by atoms with van der Waals surface area (Å²) in [4.78, 5) is 8.86. The molecule has 1 aromatic rings. The Kier molecular flexibility index (Phi) is 2.95. The molecular formula is C13H16N2. The Morgan fingerprint density at radius 3 is 2.53 bits per heavy atom. The fourth-order valence-electron chi connectivity index (χ4n) is 1.59. The summed E-state index contributed by atoms with van der Waals surface area (Å²) in [6.07, 6.45) is 12.5. The first-order valence-corrected chi connectivity index (χ1v) is 5.46. The van der Waals surface area contributed by atoms with Gasteiger partial charge in [-0.05, 0) is 24.3 Å². The van der Waals surface area contributed by atoms with Crippen LogP contribution in [0.1, 0.15) is 44.0 Å². The summed E-state index contributed by atoms with van der Waals surface area (Å²) < 4.78 is 0. The van der Waals surface area contributed by atoms with E-state index in [4.69, 9.17) is 0 Å². The molecule has 0 saturated carbocycles. The summed E-state index contributed by atoms with van der Waals surface area (Å²) in [5, 5.41) is 0. The molecule has 15 heavy (non-hydrogen) atoms. The van der Waals surface area contributed by atoms with E-state index >= 15 is 0 Å². The van der Waals surface area contributed by atoms with Crippen LogP contribution in [0.5, 0.6) is 0 Å². The van der Waals surface area contributed by atoms with Crippen molar-refractivity contribution in [3.63, 3.8) is 0 Å². The van der Waals surface area contributed by atoms with Gasteiger partial charge in [-0.15, -0.1) is 0 Å². The summed E-state index contributed by atoms with van der Waals surface area (Å²) in [6.45, 7) is 4.26. The van der Waals surface area contributed by atoms with Crippen LogP contribution in [-0.2, 0) is 0 Å². The van der Waals surface area contributed by atoms with Crippen LogP contribution in [0.3, 0.4) is 0 Å². The second kappa shape index (κ2) is 4.39. The van der Waals surface area contributed by atoms with Gasteiger partial charge in [-0.25, -0.2) is 0 Å². The number of allylic oxidation sites excluding steroid dienone is 4. The molecule has 1 aliphatic rings. The maximum atomic E-state index is 4.44. The van der Waals surface area contributed by atoms with Gasteiger partial charge in [0.1, 0.15) is 0 Å². The lowest BCUT2D eigenvalue weighted by atomic mass is 10.0. The Balaban J connectivity index is 2.23. The Labute approximate surface area is 90.8 Å². The minimum absolute atomic E-state index is 0.447. The molecule has 0 bridgehead atoms. The third-order valence-electron chi connectivity index (χ3n) is 2.55. The molecule has 0 fully saturated rings. The summed E-state index contributed by atoms with van der Waals surface area (Å²) in [5.74, 6) is 0.447. The molecule has 78 valence electrons. The second-order valence-electron chi connectivity index (χ2n) is 4.12. The van der Waals surface area contributed by atoms with Crippen molar-refractivity contribution in [1.82, 2.24) is 9.97 Å². The molecule has 0 aromatic carbocycles. The minimum Gasteiger partial charge on any atom is -0.257 e. The van der Waals surface area contributed by atoms with Crippen molar-refractivity contribution in [2.75, 3.05) is 0 Å². The average molecular weight is 200 g/mol. The Hall–Kier alpha value is -1.44. The first-order chi connectivity index (χ1) is 7.27. The highest BCUT2D eigenvalue weighted by molar-refractivity contribution is 5.71. The molecule has 1 heterocycles. The molecular weight excluding hydrogens is 184 g/mol. The average Bonchev–Trinajstić information content (AvgIpc) is 2.30. The van der Waals surface area contributed by atoms with E-state index < -0.39 is 0 Å². The highest BCUT2D eigenvalue weighted by Gasteiger charge is 2.05. The molecule has 1 aromatic heterocycles. The van der Waals surface area contributed by atoms with E-state index in [1.54, 1.807) is 0 Å². The Morgan fingerprint density at radius 2 is 2.00 bits per heavy atom. The third-order valence-corrected chi connectivity index (χ3v) is 2.55. The van der Waals surface area contributed by atoms with E-state index in [2.05, 4.69) is 42.0 Å². The van der Waals surface area contributed by atoms with Gasteiger partial charge < -0.3 is 0 Å². The van der Waals surface area contributed by atoms with Gasteiger partial charge in [-0.2, -0.15) is 0 Å². The SMILES string of the molecule is CC(C)c1cnc(C2=CCCC=C2)cn1. The van der Waals surface area contributed by atoms with Crippen molar-refractivity contribution in [1.29, 1.82) is 0 Å². The summed E-state index contributed by atoms with van der Waals surface area (Å²) in [7, 11) is 0. The predicted octanol–water partition coefficient (Wildman–Crippen LogP) is 3.33. The molecule has 0 saturated heterocycles. The quantitative estimate of drug-likeness (QED) is 0.731. The third kappa shape index (κ3) is 2.32. The van der Waals surface area contributed by atoms with Crippen molar-refractivity contribution in [3.05, 3.63) is 42.0 Å². The molecule has 0 N–H and O–H groups in total. The molecule has 0 radical (unpaired) electrons. The van der Waals surface area contributed by atoms with Crippen LogP contribution in [0.2, 0.25) is 0 Å². The van der Waals surface area contributed by atoms with Gasteiger partial charge >= 0.3 is 0 Å². The van der Waals surface area contributed by atoms with Gasteiger partial charge in [0.25, 0.3) is 0 Å². The molecule has 2 rings (SSSR count). The lowest BCUT2D eigenvalue weighted by Crippen LogP contribution is -1.97. The Morgan fingerprint density at radius 1 is 1.13 bits per heavy atom. The molecule has 2 heteroatoms. The van der Waals surface area contributed by atoms with Crippen LogP contribution < -0.4 is 0 Å². The van der Waals surface area contributed by atoms with E-state index in [1.807, 2.05) is 12.4 Å². The standard InChI is InChI=1S/C13H16N2/c1-10(2)12-8-15-13(9-14-12)11-6-4-3-5-7-11/h4,6-10H,3,5H2,1-2H3. The highest BCUT2D eigenvalue weighted by atomic mass is 14.8. The molecule has 0 amide bonds. The van der Waals surface area contributed by atoms with Gasteiger partial charge in [0.15, 0.2) is 0 Å². The van der Waals surface area contributed by atoms with Gasteiger partial charge in [0.2, 0.25) is 0 Å². The van der Waals surface area contributed by atoms with Gasteiger partial charge in [-0.1, -0.05) is 32.1 Å². The van der Waals surface area contributed by atoms with Crippen LogP contribution in [0.15, 0.2) is 30.6 Å². The van der Waals surface area contributed by atoms with Crippen LogP contribution in [-0.4, -0.2) is 9.97 Å². The monoisotopic (exact) mass is 200 g/mol. The summed E-state index contributed by atoms with van der Waals surface area (Å²) in [6, 6.07) is 0. The maximum absolute atomic E-state index is 4.44. The fourth-order valence-corrected chi connectivity index (χ4v) is 1.59. The number of hydrogen-bond acceptors (Lipinski definition) is 2. The van der Waals surface area contributed by atoms with E-state index in [0.717, 1.165) is 24.2 Å². The molecule has 1 aliphatic carbocycles. The van der Waals surface area contributed by atoms with Crippen LogP contribution >= 0.6 is 0 Å².